The highest BCUT2D eigenvalue weighted by molar-refractivity contribution is 5.81. The monoisotopic (exact) mass is 270 g/mol. The van der Waals surface area contributed by atoms with E-state index >= 15 is 0 Å². The van der Waals surface area contributed by atoms with E-state index in [2.05, 4.69) is 5.32 Å². The summed E-state index contributed by atoms with van der Waals surface area (Å²) in [5.74, 6) is -0.121. The van der Waals surface area contributed by atoms with E-state index in [0.717, 1.165) is 18.9 Å². The fourth-order valence-electron chi connectivity index (χ4n) is 2.54. The van der Waals surface area contributed by atoms with Crippen molar-refractivity contribution in [2.75, 3.05) is 6.54 Å². The quantitative estimate of drug-likeness (QED) is 0.894. The van der Waals surface area contributed by atoms with Gasteiger partial charge in [-0.15, -0.1) is 0 Å². The number of hydrogen-bond donors (Lipinski definition) is 1. The summed E-state index contributed by atoms with van der Waals surface area (Å²) < 4.78 is 39.0. The third-order valence-corrected chi connectivity index (χ3v) is 3.51. The van der Waals surface area contributed by atoms with Crippen LogP contribution in [-0.4, -0.2) is 23.4 Å². The Labute approximate surface area is 108 Å². The number of carbonyl (C=O) groups excluding carboxylic acids is 1. The van der Waals surface area contributed by atoms with E-state index in [0.29, 0.717) is 0 Å². The number of carbonyl (C=O) groups is 1. The van der Waals surface area contributed by atoms with Crippen LogP contribution in [0.1, 0.15) is 30.1 Å². The minimum Gasteiger partial charge on any atom is -0.319 e. The van der Waals surface area contributed by atoms with Crippen molar-refractivity contribution in [1.29, 1.82) is 0 Å². The van der Waals surface area contributed by atoms with Crippen molar-refractivity contribution in [2.24, 2.45) is 0 Å². The Morgan fingerprint density at radius 2 is 1.89 bits per heavy atom. The Morgan fingerprint density at radius 1 is 1.21 bits per heavy atom. The van der Waals surface area contributed by atoms with Crippen molar-refractivity contribution in [3.05, 3.63) is 35.4 Å². The predicted octanol–water partition coefficient (Wildman–Crippen LogP) is 2.30. The number of amides is 1. The highest BCUT2D eigenvalue weighted by Gasteiger charge is 2.44. The Hall–Kier alpha value is -1.56. The first kappa shape index (κ1) is 12.5. The van der Waals surface area contributed by atoms with E-state index in [1.165, 1.54) is 12.1 Å². The highest BCUT2D eigenvalue weighted by atomic mass is 19.4. The molecule has 1 atom stereocenters. The van der Waals surface area contributed by atoms with Gasteiger partial charge >= 0.3 is 6.18 Å². The lowest BCUT2D eigenvalue weighted by Gasteiger charge is -2.26. The highest BCUT2D eigenvalue weighted by Crippen LogP contribution is 2.40. The second-order valence-electron chi connectivity index (χ2n) is 4.90. The van der Waals surface area contributed by atoms with Crippen LogP contribution in [0.4, 0.5) is 13.2 Å². The van der Waals surface area contributed by atoms with Crippen LogP contribution in [-0.2, 0) is 11.0 Å². The summed E-state index contributed by atoms with van der Waals surface area (Å²) in [6.45, 7) is 0.105. The van der Waals surface area contributed by atoms with Gasteiger partial charge in [0.25, 0.3) is 0 Å². The number of benzene rings is 1. The molecule has 1 aromatic rings. The average Bonchev–Trinajstić information content (AvgIpc) is 3.11. The second-order valence-corrected chi connectivity index (χ2v) is 4.90. The van der Waals surface area contributed by atoms with Crippen molar-refractivity contribution >= 4 is 5.91 Å². The average molecular weight is 270 g/mol. The van der Waals surface area contributed by atoms with Crippen LogP contribution < -0.4 is 5.32 Å². The Balaban J connectivity index is 2.00. The molecule has 1 amide bonds. The SMILES string of the molecule is O=C1CNC(c2ccccc2C(F)(F)F)N1C1CC1. The number of rotatable bonds is 2. The topological polar surface area (TPSA) is 32.3 Å². The minimum absolute atomic E-state index is 0.0915. The van der Waals surface area contributed by atoms with E-state index in [1.54, 1.807) is 11.0 Å². The van der Waals surface area contributed by atoms with Crippen LogP contribution in [0.5, 0.6) is 0 Å². The molecule has 1 aliphatic heterocycles. The standard InChI is InChI=1S/C13H13F3N2O/c14-13(15,16)10-4-2-1-3-9(10)12-17-7-11(19)18(12)8-5-6-8/h1-4,8,12,17H,5-7H2. The lowest BCUT2D eigenvalue weighted by molar-refractivity contribution is -0.139. The number of alkyl halides is 3. The van der Waals surface area contributed by atoms with Gasteiger partial charge in [0, 0.05) is 11.6 Å². The Morgan fingerprint density at radius 3 is 2.53 bits per heavy atom. The largest absolute Gasteiger partial charge is 0.416 e. The predicted molar refractivity (Wildman–Crippen MR) is 62.1 cm³/mol. The van der Waals surface area contributed by atoms with Crippen molar-refractivity contribution in [3.8, 4) is 0 Å². The molecule has 1 N–H and O–H groups in total. The van der Waals surface area contributed by atoms with Crippen molar-refractivity contribution in [2.45, 2.75) is 31.2 Å². The molecule has 1 aromatic carbocycles. The van der Waals surface area contributed by atoms with Crippen LogP contribution in [0.2, 0.25) is 0 Å². The zero-order valence-corrected chi connectivity index (χ0v) is 10.1. The first-order chi connectivity index (χ1) is 8.98. The van der Waals surface area contributed by atoms with Crippen molar-refractivity contribution in [3.63, 3.8) is 0 Å². The molecular weight excluding hydrogens is 257 g/mol. The normalized spacial score (nSPS) is 24.1. The van der Waals surface area contributed by atoms with Gasteiger partial charge in [-0.05, 0) is 18.9 Å². The number of nitrogens with zero attached hydrogens (tertiary/aromatic N) is 1. The van der Waals surface area contributed by atoms with Gasteiger partial charge < -0.3 is 4.90 Å². The molecule has 0 aromatic heterocycles. The third kappa shape index (κ3) is 2.20. The molecule has 3 rings (SSSR count). The van der Waals surface area contributed by atoms with Crippen molar-refractivity contribution < 1.29 is 18.0 Å². The fourth-order valence-corrected chi connectivity index (χ4v) is 2.54. The summed E-state index contributed by atoms with van der Waals surface area (Å²) in [4.78, 5) is 13.3. The molecular formula is C13H13F3N2O. The van der Waals surface area contributed by atoms with E-state index in [9.17, 15) is 18.0 Å². The van der Waals surface area contributed by atoms with Gasteiger partial charge in [-0.2, -0.15) is 13.2 Å². The molecule has 1 saturated carbocycles. The van der Waals surface area contributed by atoms with Gasteiger partial charge in [-0.3, -0.25) is 10.1 Å². The number of nitrogens with one attached hydrogen (secondary N) is 1. The summed E-state index contributed by atoms with van der Waals surface area (Å²) in [5.41, 5.74) is -0.541. The molecule has 1 aliphatic carbocycles. The van der Waals surface area contributed by atoms with Gasteiger partial charge in [-0.25, -0.2) is 0 Å². The smallest absolute Gasteiger partial charge is 0.319 e. The van der Waals surface area contributed by atoms with Crippen LogP contribution in [0, 0.1) is 0 Å². The molecule has 19 heavy (non-hydrogen) atoms. The van der Waals surface area contributed by atoms with Crippen LogP contribution >= 0.6 is 0 Å². The Kier molecular flexibility index (Phi) is 2.78. The van der Waals surface area contributed by atoms with Crippen LogP contribution in [0.25, 0.3) is 0 Å². The maximum absolute atomic E-state index is 13.0. The summed E-state index contributed by atoms with van der Waals surface area (Å²) in [6, 6.07) is 5.53. The van der Waals surface area contributed by atoms with E-state index < -0.39 is 17.9 Å². The van der Waals surface area contributed by atoms with Crippen molar-refractivity contribution in [1.82, 2.24) is 10.2 Å². The molecule has 0 spiro atoms. The molecule has 0 bridgehead atoms. The summed E-state index contributed by atoms with van der Waals surface area (Å²) in [5, 5.41) is 2.88. The third-order valence-electron chi connectivity index (χ3n) is 3.51. The van der Waals surface area contributed by atoms with Crippen LogP contribution in [0.3, 0.4) is 0 Å². The zero-order valence-electron chi connectivity index (χ0n) is 10.1. The molecule has 2 fully saturated rings. The molecule has 1 saturated heterocycles. The molecule has 6 heteroatoms. The number of halogens is 3. The molecule has 1 heterocycles. The maximum Gasteiger partial charge on any atom is 0.416 e. The summed E-state index contributed by atoms with van der Waals surface area (Å²) >= 11 is 0. The maximum atomic E-state index is 13.0. The van der Waals surface area contributed by atoms with Gasteiger partial charge in [0.05, 0.1) is 12.1 Å². The fraction of sp³-hybridized carbons (Fsp3) is 0.462. The van der Waals surface area contributed by atoms with Gasteiger partial charge in [0.15, 0.2) is 0 Å². The van der Waals surface area contributed by atoms with Gasteiger partial charge in [-0.1, -0.05) is 18.2 Å². The zero-order chi connectivity index (χ0) is 13.6. The first-order valence-corrected chi connectivity index (χ1v) is 6.19. The van der Waals surface area contributed by atoms with Crippen LogP contribution in [0.15, 0.2) is 24.3 Å². The molecule has 102 valence electrons. The minimum atomic E-state index is -4.40. The summed E-state index contributed by atoms with van der Waals surface area (Å²) in [7, 11) is 0. The molecule has 1 unspecified atom stereocenters. The second kappa shape index (κ2) is 4.23. The molecule has 2 aliphatic rings. The van der Waals surface area contributed by atoms with E-state index in [-0.39, 0.29) is 24.1 Å². The summed E-state index contributed by atoms with van der Waals surface area (Å²) in [6.07, 6.45) is -3.31. The van der Waals surface area contributed by atoms with E-state index in [4.69, 9.17) is 0 Å². The Bertz CT molecular complexity index is 511. The molecule has 0 radical (unpaired) electrons. The first-order valence-electron chi connectivity index (χ1n) is 6.19. The lowest BCUT2D eigenvalue weighted by atomic mass is 10.0. The van der Waals surface area contributed by atoms with Gasteiger partial charge in [0.1, 0.15) is 6.17 Å². The lowest BCUT2D eigenvalue weighted by Crippen LogP contribution is -2.33. The molecule has 3 nitrogen and oxygen atoms in total. The number of hydrogen-bond acceptors (Lipinski definition) is 2. The van der Waals surface area contributed by atoms with Gasteiger partial charge in [0.2, 0.25) is 5.91 Å². The van der Waals surface area contributed by atoms with E-state index in [1.807, 2.05) is 0 Å².